The van der Waals surface area contributed by atoms with Crippen LogP contribution < -0.4 is 5.32 Å². The first-order valence-electron chi connectivity index (χ1n) is 8.17. The largest absolute Gasteiger partial charge is 0.347 e. The predicted molar refractivity (Wildman–Crippen MR) is 110 cm³/mol. The van der Waals surface area contributed by atoms with Crippen LogP contribution in [-0.4, -0.2) is 26.8 Å². The van der Waals surface area contributed by atoms with Crippen molar-refractivity contribution in [3.8, 4) is 11.4 Å². The summed E-state index contributed by atoms with van der Waals surface area (Å²) >= 11 is 6.40. The molecule has 0 fully saturated rings. The fourth-order valence-electron chi connectivity index (χ4n) is 2.43. The van der Waals surface area contributed by atoms with Crippen molar-refractivity contribution in [1.29, 1.82) is 0 Å². The summed E-state index contributed by atoms with van der Waals surface area (Å²) in [4.78, 5) is 18.0. The summed E-state index contributed by atoms with van der Waals surface area (Å²) in [7, 11) is 0. The number of aromatic nitrogens is 3. The summed E-state index contributed by atoms with van der Waals surface area (Å²) in [6, 6.07) is 11.9. The van der Waals surface area contributed by atoms with Crippen molar-refractivity contribution in [2.75, 3.05) is 5.75 Å². The number of amides is 1. The molecule has 0 unspecified atom stereocenters. The molecular formula is C18H19BrN4OS2. The van der Waals surface area contributed by atoms with E-state index in [1.807, 2.05) is 35.7 Å². The zero-order valence-corrected chi connectivity index (χ0v) is 17.6. The normalized spacial score (nSPS) is 12.3. The van der Waals surface area contributed by atoms with Crippen molar-refractivity contribution in [1.82, 2.24) is 20.5 Å². The number of carbonyl (C=O) groups is 1. The number of hydrogen-bond donors (Lipinski definition) is 2. The van der Waals surface area contributed by atoms with Gasteiger partial charge in [0.15, 0.2) is 5.82 Å². The van der Waals surface area contributed by atoms with E-state index in [1.54, 1.807) is 11.3 Å². The summed E-state index contributed by atoms with van der Waals surface area (Å²) < 4.78 is 1.01. The monoisotopic (exact) mass is 450 g/mol. The Morgan fingerprint density at radius 1 is 1.31 bits per heavy atom. The van der Waals surface area contributed by atoms with Gasteiger partial charge in [-0.25, -0.2) is 4.98 Å². The molecule has 0 spiro atoms. The number of nitrogens with one attached hydrogen (secondary N) is 2. The minimum Gasteiger partial charge on any atom is -0.347 e. The Hall–Kier alpha value is -1.64. The molecule has 8 heteroatoms. The fourth-order valence-corrected chi connectivity index (χ4v) is 4.25. The lowest BCUT2D eigenvalue weighted by Crippen LogP contribution is -2.32. The Kier molecular flexibility index (Phi) is 6.50. The number of nitrogens with zero attached hydrogens (tertiary/aromatic N) is 2. The van der Waals surface area contributed by atoms with Gasteiger partial charge in [-0.15, -0.1) is 16.4 Å². The van der Waals surface area contributed by atoms with Crippen LogP contribution in [0.2, 0.25) is 0 Å². The second-order valence-corrected chi connectivity index (χ2v) is 8.90. The lowest BCUT2D eigenvalue weighted by atomic mass is 10.0. The zero-order chi connectivity index (χ0) is 18.5. The van der Waals surface area contributed by atoms with E-state index in [4.69, 9.17) is 0 Å². The van der Waals surface area contributed by atoms with E-state index in [9.17, 15) is 4.79 Å². The molecule has 0 aliphatic rings. The molecule has 0 saturated carbocycles. The number of hydrogen-bond acceptors (Lipinski definition) is 5. The van der Waals surface area contributed by atoms with Crippen molar-refractivity contribution in [3.05, 3.63) is 51.1 Å². The molecule has 3 aromatic rings. The maximum Gasteiger partial charge on any atom is 0.230 e. The SMILES string of the molecule is CC(C)[C@@H](NC(=O)CSc1n[nH]c(-c2ccc(Br)cc2)n1)c1cccs1. The van der Waals surface area contributed by atoms with Gasteiger partial charge in [0.2, 0.25) is 11.1 Å². The Labute approximate surface area is 169 Å². The van der Waals surface area contributed by atoms with E-state index in [0.29, 0.717) is 16.9 Å². The van der Waals surface area contributed by atoms with Crippen molar-refractivity contribution in [3.63, 3.8) is 0 Å². The van der Waals surface area contributed by atoms with Gasteiger partial charge in [-0.1, -0.05) is 59.7 Å². The van der Waals surface area contributed by atoms with Crippen molar-refractivity contribution < 1.29 is 4.79 Å². The average molecular weight is 451 g/mol. The number of H-pyrrole nitrogens is 1. The van der Waals surface area contributed by atoms with E-state index in [-0.39, 0.29) is 17.7 Å². The van der Waals surface area contributed by atoms with Crippen LogP contribution in [0.25, 0.3) is 11.4 Å². The van der Waals surface area contributed by atoms with E-state index < -0.39 is 0 Å². The number of rotatable bonds is 7. The molecule has 5 nitrogen and oxygen atoms in total. The molecule has 1 amide bonds. The number of halogens is 1. The Morgan fingerprint density at radius 2 is 2.08 bits per heavy atom. The van der Waals surface area contributed by atoms with Gasteiger partial charge in [-0.05, 0) is 29.5 Å². The highest BCUT2D eigenvalue weighted by Gasteiger charge is 2.19. The molecule has 0 aliphatic heterocycles. The van der Waals surface area contributed by atoms with Gasteiger partial charge in [0.1, 0.15) is 0 Å². The van der Waals surface area contributed by atoms with Crippen LogP contribution in [0.15, 0.2) is 51.4 Å². The minimum absolute atomic E-state index is 0.0166. The third kappa shape index (κ3) is 4.96. The molecule has 2 N–H and O–H groups in total. The first-order valence-corrected chi connectivity index (χ1v) is 10.8. The molecule has 3 rings (SSSR count). The molecule has 136 valence electrons. The summed E-state index contributed by atoms with van der Waals surface area (Å²) in [5.41, 5.74) is 0.953. The van der Waals surface area contributed by atoms with E-state index in [2.05, 4.69) is 56.3 Å². The standard InChI is InChI=1S/C18H19BrN4OS2/c1-11(2)16(14-4-3-9-25-14)20-15(24)10-26-18-21-17(22-23-18)12-5-7-13(19)8-6-12/h3-9,11,16H,10H2,1-2H3,(H,20,24)(H,21,22,23)/t16-/m1/s1. The van der Waals surface area contributed by atoms with E-state index >= 15 is 0 Å². The second kappa shape index (κ2) is 8.83. The predicted octanol–water partition coefficient (Wildman–Crippen LogP) is 4.90. The summed E-state index contributed by atoms with van der Waals surface area (Å²) in [6.45, 7) is 4.22. The first-order chi connectivity index (χ1) is 12.5. The molecule has 2 heterocycles. The van der Waals surface area contributed by atoms with Gasteiger partial charge in [-0.2, -0.15) is 0 Å². The lowest BCUT2D eigenvalue weighted by Gasteiger charge is -2.21. The number of carbonyl (C=O) groups excluding carboxylic acids is 1. The van der Waals surface area contributed by atoms with Crippen molar-refractivity contribution in [2.45, 2.75) is 25.0 Å². The summed E-state index contributed by atoms with van der Waals surface area (Å²) in [5.74, 6) is 1.29. The average Bonchev–Trinajstić information content (AvgIpc) is 3.30. The van der Waals surface area contributed by atoms with Crippen LogP contribution in [0.5, 0.6) is 0 Å². The Balaban J connectivity index is 1.57. The quantitative estimate of drug-likeness (QED) is 0.502. The molecule has 0 aliphatic carbocycles. The summed E-state index contributed by atoms with van der Waals surface area (Å²) in [6.07, 6.45) is 0. The van der Waals surface area contributed by atoms with Crippen LogP contribution in [0, 0.1) is 5.92 Å². The topological polar surface area (TPSA) is 70.7 Å². The van der Waals surface area contributed by atoms with Gasteiger partial charge in [0, 0.05) is 14.9 Å². The van der Waals surface area contributed by atoms with Crippen LogP contribution in [0.4, 0.5) is 0 Å². The molecule has 26 heavy (non-hydrogen) atoms. The number of benzene rings is 1. The zero-order valence-electron chi connectivity index (χ0n) is 14.4. The van der Waals surface area contributed by atoms with E-state index in [0.717, 1.165) is 10.0 Å². The Bertz CT molecular complexity index is 846. The third-order valence-corrected chi connectivity index (χ3v) is 6.08. The maximum absolute atomic E-state index is 12.3. The number of aromatic amines is 1. The molecule has 0 saturated heterocycles. The van der Waals surface area contributed by atoms with Gasteiger partial charge >= 0.3 is 0 Å². The highest BCUT2D eigenvalue weighted by molar-refractivity contribution is 9.10. The van der Waals surface area contributed by atoms with E-state index in [1.165, 1.54) is 16.6 Å². The number of thioether (sulfide) groups is 1. The minimum atomic E-state index is -0.0166. The maximum atomic E-state index is 12.3. The first kappa shape index (κ1) is 19.1. The van der Waals surface area contributed by atoms with Crippen LogP contribution in [-0.2, 0) is 4.79 Å². The van der Waals surface area contributed by atoms with Gasteiger partial charge in [0.05, 0.1) is 11.8 Å². The molecule has 1 atom stereocenters. The van der Waals surface area contributed by atoms with Crippen LogP contribution in [0.3, 0.4) is 0 Å². The fraction of sp³-hybridized carbons (Fsp3) is 0.278. The smallest absolute Gasteiger partial charge is 0.230 e. The van der Waals surface area contributed by atoms with Crippen molar-refractivity contribution >= 4 is 44.9 Å². The Morgan fingerprint density at radius 3 is 2.73 bits per heavy atom. The lowest BCUT2D eigenvalue weighted by molar-refractivity contribution is -0.119. The van der Waals surface area contributed by atoms with Crippen molar-refractivity contribution in [2.24, 2.45) is 5.92 Å². The van der Waals surface area contributed by atoms with Gasteiger partial charge < -0.3 is 5.32 Å². The molecule has 0 bridgehead atoms. The van der Waals surface area contributed by atoms with Gasteiger partial charge in [-0.3, -0.25) is 9.89 Å². The van der Waals surface area contributed by atoms with Crippen LogP contribution in [0.1, 0.15) is 24.8 Å². The molecular weight excluding hydrogens is 432 g/mol. The summed E-state index contributed by atoms with van der Waals surface area (Å²) in [5, 5.41) is 12.8. The molecule has 1 aromatic carbocycles. The second-order valence-electron chi connectivity index (χ2n) is 6.07. The van der Waals surface area contributed by atoms with Crippen LogP contribution >= 0.6 is 39.0 Å². The molecule has 0 radical (unpaired) electrons. The third-order valence-electron chi connectivity index (χ3n) is 3.75. The molecule has 2 aromatic heterocycles. The number of thiophene rings is 1. The van der Waals surface area contributed by atoms with Gasteiger partial charge in [0.25, 0.3) is 0 Å². The highest BCUT2D eigenvalue weighted by Crippen LogP contribution is 2.26. The highest BCUT2D eigenvalue weighted by atomic mass is 79.9.